The van der Waals surface area contributed by atoms with E-state index in [0.717, 1.165) is 0 Å². The molecule has 0 saturated heterocycles. The van der Waals surface area contributed by atoms with Crippen LogP contribution in [-0.2, 0) is 6.42 Å². The van der Waals surface area contributed by atoms with Gasteiger partial charge >= 0.3 is 0 Å². The van der Waals surface area contributed by atoms with E-state index in [2.05, 4.69) is 0 Å². The number of Topliss-reactive ketones (excluding diaryl/α,β-unsaturated/α-hetero) is 1. The van der Waals surface area contributed by atoms with E-state index in [1.807, 2.05) is 0 Å². The Labute approximate surface area is 124 Å². The number of benzene rings is 2. The van der Waals surface area contributed by atoms with Gasteiger partial charge in [0.2, 0.25) is 0 Å². The third-order valence-electron chi connectivity index (χ3n) is 2.90. The van der Waals surface area contributed by atoms with Crippen molar-refractivity contribution in [3.05, 3.63) is 63.9 Å². The molecule has 0 fully saturated rings. The zero-order valence-electron chi connectivity index (χ0n) is 10.9. The summed E-state index contributed by atoms with van der Waals surface area (Å²) in [7, 11) is 1.43. The highest BCUT2D eigenvalue weighted by Crippen LogP contribution is 2.24. The van der Waals surface area contributed by atoms with Gasteiger partial charge in [0.15, 0.2) is 23.2 Å². The molecule has 0 unspecified atom stereocenters. The molecule has 0 bridgehead atoms. The summed E-state index contributed by atoms with van der Waals surface area (Å²) in [6.07, 6.45) is -0.172. The van der Waals surface area contributed by atoms with Crippen molar-refractivity contribution in [2.24, 2.45) is 0 Å². The molecule has 0 aliphatic heterocycles. The van der Waals surface area contributed by atoms with Crippen molar-refractivity contribution in [2.45, 2.75) is 6.42 Å². The number of rotatable bonds is 4. The molecular weight excluding hydrogens is 305 g/mol. The summed E-state index contributed by atoms with van der Waals surface area (Å²) in [5, 5.41) is 0.398. The van der Waals surface area contributed by atoms with Crippen LogP contribution in [0.2, 0.25) is 5.02 Å². The lowest BCUT2D eigenvalue weighted by Crippen LogP contribution is -2.07. The van der Waals surface area contributed by atoms with Crippen molar-refractivity contribution in [3.63, 3.8) is 0 Å². The summed E-state index contributed by atoms with van der Waals surface area (Å²) in [6, 6.07) is 6.02. The summed E-state index contributed by atoms with van der Waals surface area (Å²) in [5.41, 5.74) is 0.216. The molecule has 2 aromatic rings. The van der Waals surface area contributed by atoms with Crippen LogP contribution in [0, 0.1) is 17.5 Å². The number of carbonyl (C=O) groups excluding carboxylic acids is 1. The van der Waals surface area contributed by atoms with Gasteiger partial charge in [0.25, 0.3) is 0 Å². The zero-order chi connectivity index (χ0) is 15.6. The third kappa shape index (κ3) is 3.36. The first kappa shape index (κ1) is 15.4. The van der Waals surface area contributed by atoms with E-state index in [1.54, 1.807) is 12.1 Å². The molecular formula is C15H10ClF3O2. The van der Waals surface area contributed by atoms with Gasteiger partial charge in [-0.2, -0.15) is 0 Å². The number of ketones is 1. The van der Waals surface area contributed by atoms with Crippen LogP contribution in [0.25, 0.3) is 0 Å². The average Bonchev–Trinajstić information content (AvgIpc) is 2.44. The van der Waals surface area contributed by atoms with E-state index in [4.69, 9.17) is 16.3 Å². The van der Waals surface area contributed by atoms with Crippen molar-refractivity contribution in [1.82, 2.24) is 0 Å². The van der Waals surface area contributed by atoms with Crippen molar-refractivity contribution < 1.29 is 22.7 Å². The lowest BCUT2D eigenvalue weighted by molar-refractivity contribution is 0.0991. The molecule has 2 aromatic carbocycles. The molecule has 0 N–H and O–H groups in total. The number of ether oxygens (including phenoxy) is 1. The molecule has 0 amide bonds. The Bertz CT molecular complexity index is 678. The molecule has 6 heteroatoms. The Morgan fingerprint density at radius 3 is 2.33 bits per heavy atom. The highest BCUT2D eigenvalue weighted by molar-refractivity contribution is 6.30. The molecule has 0 saturated carbocycles. The van der Waals surface area contributed by atoms with Crippen LogP contribution >= 0.6 is 11.6 Å². The second-order valence-corrected chi connectivity index (χ2v) is 4.75. The van der Waals surface area contributed by atoms with Gasteiger partial charge < -0.3 is 4.74 Å². The van der Waals surface area contributed by atoms with Gasteiger partial charge in [0.05, 0.1) is 7.11 Å². The first-order valence-electron chi connectivity index (χ1n) is 5.92. The molecule has 21 heavy (non-hydrogen) atoms. The highest BCUT2D eigenvalue weighted by atomic mass is 35.5. The van der Waals surface area contributed by atoms with Crippen molar-refractivity contribution in [1.29, 1.82) is 0 Å². The standard InChI is InChI=1S/C15H10ClF3O2/c1-21-14-3-2-10(16)4-9(14)7-13(20)8-5-11(17)15(19)12(18)6-8/h2-6H,7H2,1H3. The summed E-state index contributed by atoms with van der Waals surface area (Å²) in [6.45, 7) is 0. The first-order chi connectivity index (χ1) is 9.92. The van der Waals surface area contributed by atoms with E-state index in [-0.39, 0.29) is 12.0 Å². The van der Waals surface area contributed by atoms with Crippen LogP contribution in [0.5, 0.6) is 5.75 Å². The Hall–Kier alpha value is -2.01. The van der Waals surface area contributed by atoms with Gasteiger partial charge in [-0.05, 0) is 30.3 Å². The van der Waals surface area contributed by atoms with Gasteiger partial charge in [0.1, 0.15) is 5.75 Å². The summed E-state index contributed by atoms with van der Waals surface area (Å²) in [4.78, 5) is 12.1. The summed E-state index contributed by atoms with van der Waals surface area (Å²) < 4.78 is 44.2. The molecule has 0 spiro atoms. The largest absolute Gasteiger partial charge is 0.496 e. The Balaban J connectivity index is 2.32. The lowest BCUT2D eigenvalue weighted by atomic mass is 10.0. The Morgan fingerprint density at radius 1 is 1.14 bits per heavy atom. The maximum Gasteiger partial charge on any atom is 0.194 e. The number of methoxy groups -OCH3 is 1. The van der Waals surface area contributed by atoms with E-state index in [1.165, 1.54) is 13.2 Å². The maximum atomic E-state index is 13.1. The highest BCUT2D eigenvalue weighted by Gasteiger charge is 2.17. The normalized spacial score (nSPS) is 10.5. The first-order valence-corrected chi connectivity index (χ1v) is 6.30. The van der Waals surface area contributed by atoms with Crippen molar-refractivity contribution >= 4 is 17.4 Å². The van der Waals surface area contributed by atoms with Crippen molar-refractivity contribution in [3.8, 4) is 5.75 Å². The minimum atomic E-state index is -1.60. The lowest BCUT2D eigenvalue weighted by Gasteiger charge is -2.09. The maximum absolute atomic E-state index is 13.1. The number of carbonyl (C=O) groups is 1. The number of hydrogen-bond donors (Lipinski definition) is 0. The van der Waals surface area contributed by atoms with Crippen molar-refractivity contribution in [2.75, 3.05) is 7.11 Å². The van der Waals surface area contributed by atoms with Crippen LogP contribution in [0.4, 0.5) is 13.2 Å². The summed E-state index contributed by atoms with van der Waals surface area (Å²) in [5.74, 6) is -4.57. The monoisotopic (exact) mass is 314 g/mol. The van der Waals surface area contributed by atoms with Crippen LogP contribution in [0.1, 0.15) is 15.9 Å². The fourth-order valence-electron chi connectivity index (χ4n) is 1.88. The minimum Gasteiger partial charge on any atom is -0.496 e. The SMILES string of the molecule is COc1ccc(Cl)cc1CC(=O)c1cc(F)c(F)c(F)c1. The van der Waals surface area contributed by atoms with E-state index in [9.17, 15) is 18.0 Å². The topological polar surface area (TPSA) is 26.3 Å². The third-order valence-corrected chi connectivity index (χ3v) is 3.13. The fourth-order valence-corrected chi connectivity index (χ4v) is 2.07. The fraction of sp³-hybridized carbons (Fsp3) is 0.133. The molecule has 110 valence electrons. The molecule has 0 atom stereocenters. The predicted octanol–water partition coefficient (Wildman–Crippen LogP) is 4.19. The van der Waals surface area contributed by atoms with Gasteiger partial charge in [-0.3, -0.25) is 4.79 Å². The minimum absolute atomic E-state index is 0.172. The van der Waals surface area contributed by atoms with Gasteiger partial charge in [-0.1, -0.05) is 11.6 Å². The smallest absolute Gasteiger partial charge is 0.194 e. The quantitative estimate of drug-likeness (QED) is 0.625. The molecule has 2 rings (SSSR count). The van der Waals surface area contributed by atoms with Gasteiger partial charge in [-0.25, -0.2) is 13.2 Å². The Kier molecular flexibility index (Phi) is 4.53. The van der Waals surface area contributed by atoms with E-state index in [0.29, 0.717) is 28.5 Å². The molecule has 2 nitrogen and oxygen atoms in total. The van der Waals surface area contributed by atoms with Crippen LogP contribution in [-0.4, -0.2) is 12.9 Å². The van der Waals surface area contributed by atoms with Crippen LogP contribution in [0.15, 0.2) is 30.3 Å². The predicted molar refractivity (Wildman–Crippen MR) is 72.4 cm³/mol. The molecule has 0 aliphatic carbocycles. The zero-order valence-corrected chi connectivity index (χ0v) is 11.7. The van der Waals surface area contributed by atoms with E-state index >= 15 is 0 Å². The van der Waals surface area contributed by atoms with Crippen LogP contribution in [0.3, 0.4) is 0 Å². The summed E-state index contributed by atoms with van der Waals surface area (Å²) >= 11 is 5.84. The Morgan fingerprint density at radius 2 is 1.76 bits per heavy atom. The van der Waals surface area contributed by atoms with E-state index < -0.39 is 23.2 Å². The second-order valence-electron chi connectivity index (χ2n) is 4.31. The second kappa shape index (κ2) is 6.18. The van der Waals surface area contributed by atoms with Crippen LogP contribution < -0.4 is 4.74 Å². The molecule has 0 aromatic heterocycles. The van der Waals surface area contributed by atoms with Gasteiger partial charge in [-0.15, -0.1) is 0 Å². The van der Waals surface area contributed by atoms with Gasteiger partial charge in [0, 0.05) is 22.6 Å². The molecule has 0 radical (unpaired) electrons. The number of halogens is 4. The number of hydrogen-bond acceptors (Lipinski definition) is 2. The molecule has 0 heterocycles. The average molecular weight is 315 g/mol. The molecule has 0 aliphatic rings.